The van der Waals surface area contributed by atoms with Gasteiger partial charge in [0.05, 0.1) is 18.4 Å². The van der Waals surface area contributed by atoms with Crippen molar-refractivity contribution in [1.82, 2.24) is 0 Å². The summed E-state index contributed by atoms with van der Waals surface area (Å²) in [5, 5.41) is 8.51. The maximum absolute atomic E-state index is 12.3. The lowest BCUT2D eigenvalue weighted by Gasteiger charge is -2.37. The molecular formula is C16H29NO2. The maximum atomic E-state index is 12.3. The number of nitriles is 1. The first-order valence-corrected chi connectivity index (χ1v) is 7.23. The Balaban J connectivity index is 4.88. The van der Waals surface area contributed by atoms with Gasteiger partial charge in [-0.15, -0.1) is 0 Å². The fraction of sp³-hybridized carbons (Fsp3) is 0.875. The van der Waals surface area contributed by atoms with Crippen LogP contribution in [0.25, 0.3) is 0 Å². The Morgan fingerprint density at radius 3 is 2.21 bits per heavy atom. The van der Waals surface area contributed by atoms with E-state index in [1.54, 1.807) is 0 Å². The summed E-state index contributed by atoms with van der Waals surface area (Å²) in [5.41, 5.74) is 0.0571. The van der Waals surface area contributed by atoms with Crippen molar-refractivity contribution in [3.05, 3.63) is 0 Å². The second-order valence-corrected chi connectivity index (χ2v) is 6.69. The Bertz CT molecular complexity index is 326. The minimum Gasteiger partial charge on any atom is -0.464 e. The molecule has 0 saturated carbocycles. The number of carbonyl (C=O) groups excluding carboxylic acids is 1. The number of ether oxygens (including phenoxy) is 1. The average Bonchev–Trinajstić information content (AvgIpc) is 2.36. The Hall–Kier alpha value is -1.04. The number of hydrogen-bond acceptors (Lipinski definition) is 3. The molecule has 0 rings (SSSR count). The van der Waals surface area contributed by atoms with E-state index in [9.17, 15) is 4.79 Å². The van der Waals surface area contributed by atoms with Crippen LogP contribution >= 0.6 is 0 Å². The molecule has 0 spiro atoms. The first-order valence-electron chi connectivity index (χ1n) is 7.23. The van der Waals surface area contributed by atoms with E-state index in [0.717, 1.165) is 19.3 Å². The van der Waals surface area contributed by atoms with Gasteiger partial charge in [-0.25, -0.2) is 0 Å². The van der Waals surface area contributed by atoms with E-state index in [2.05, 4.69) is 41.5 Å². The van der Waals surface area contributed by atoms with Crippen LogP contribution < -0.4 is 0 Å². The van der Waals surface area contributed by atoms with Gasteiger partial charge < -0.3 is 4.74 Å². The van der Waals surface area contributed by atoms with Gasteiger partial charge in [0.25, 0.3) is 0 Å². The molecule has 0 aromatic heterocycles. The van der Waals surface area contributed by atoms with Crippen molar-refractivity contribution in [2.45, 2.75) is 67.2 Å². The van der Waals surface area contributed by atoms with Crippen LogP contribution in [0.3, 0.4) is 0 Å². The average molecular weight is 267 g/mol. The van der Waals surface area contributed by atoms with Crippen molar-refractivity contribution in [3.63, 3.8) is 0 Å². The normalized spacial score (nSPS) is 13.7. The van der Waals surface area contributed by atoms with E-state index in [1.807, 2.05) is 6.07 Å². The van der Waals surface area contributed by atoms with Gasteiger partial charge in [0, 0.05) is 0 Å². The highest BCUT2D eigenvalue weighted by Gasteiger charge is 2.38. The van der Waals surface area contributed by atoms with Gasteiger partial charge in [-0.1, -0.05) is 54.4 Å². The first-order chi connectivity index (χ1) is 8.70. The van der Waals surface area contributed by atoms with E-state index < -0.39 is 0 Å². The van der Waals surface area contributed by atoms with E-state index in [4.69, 9.17) is 10.00 Å². The topological polar surface area (TPSA) is 50.1 Å². The molecule has 110 valence electrons. The zero-order valence-electron chi connectivity index (χ0n) is 13.4. The summed E-state index contributed by atoms with van der Waals surface area (Å²) >= 11 is 0. The van der Waals surface area contributed by atoms with E-state index in [0.29, 0.717) is 0 Å². The third-order valence-corrected chi connectivity index (χ3v) is 4.31. The highest BCUT2D eigenvalue weighted by molar-refractivity contribution is 5.73. The molecule has 0 amide bonds. The van der Waals surface area contributed by atoms with Crippen LogP contribution in [-0.2, 0) is 9.53 Å². The van der Waals surface area contributed by atoms with Crippen LogP contribution in [0.1, 0.15) is 67.2 Å². The largest absolute Gasteiger partial charge is 0.464 e. The van der Waals surface area contributed by atoms with Crippen molar-refractivity contribution >= 4 is 5.97 Å². The molecule has 0 aromatic rings. The van der Waals surface area contributed by atoms with Gasteiger partial charge >= 0.3 is 5.97 Å². The predicted molar refractivity (Wildman–Crippen MR) is 77.4 cm³/mol. The fourth-order valence-electron chi connectivity index (χ4n) is 1.92. The van der Waals surface area contributed by atoms with E-state index >= 15 is 0 Å². The summed E-state index contributed by atoms with van der Waals surface area (Å²) in [7, 11) is 0. The zero-order chi connectivity index (χ0) is 15.1. The lowest BCUT2D eigenvalue weighted by atomic mass is 9.68. The summed E-state index contributed by atoms with van der Waals surface area (Å²) in [6, 6.07) is 2.00. The molecule has 3 nitrogen and oxygen atoms in total. The van der Waals surface area contributed by atoms with Crippen LogP contribution in [0, 0.1) is 28.1 Å². The number of esters is 1. The molecule has 19 heavy (non-hydrogen) atoms. The Morgan fingerprint density at radius 2 is 1.79 bits per heavy atom. The number of carbonyl (C=O) groups is 1. The lowest BCUT2D eigenvalue weighted by molar-refractivity contribution is -0.154. The summed E-state index contributed by atoms with van der Waals surface area (Å²) < 4.78 is 5.26. The minimum atomic E-state index is -0.149. The second kappa shape index (κ2) is 7.53. The van der Waals surface area contributed by atoms with Crippen LogP contribution in [0.5, 0.6) is 0 Å². The van der Waals surface area contributed by atoms with Crippen LogP contribution in [-0.4, -0.2) is 12.6 Å². The van der Waals surface area contributed by atoms with Gasteiger partial charge in [0.15, 0.2) is 0 Å². The lowest BCUT2D eigenvalue weighted by Crippen LogP contribution is -2.35. The molecule has 1 unspecified atom stereocenters. The molecule has 0 radical (unpaired) electrons. The van der Waals surface area contributed by atoms with E-state index in [-0.39, 0.29) is 35.7 Å². The molecule has 1 atom stereocenters. The third-order valence-electron chi connectivity index (χ3n) is 4.31. The van der Waals surface area contributed by atoms with Crippen LogP contribution in [0.15, 0.2) is 0 Å². The molecule has 3 heteroatoms. The summed E-state index contributed by atoms with van der Waals surface area (Å²) in [6.45, 7) is 13.1. The highest BCUT2D eigenvalue weighted by atomic mass is 16.5. The fourth-order valence-corrected chi connectivity index (χ4v) is 1.92. The van der Waals surface area contributed by atoms with E-state index in [1.165, 1.54) is 0 Å². The Kier molecular flexibility index (Phi) is 7.11. The molecule has 0 fully saturated rings. The second-order valence-electron chi connectivity index (χ2n) is 6.69. The van der Waals surface area contributed by atoms with Gasteiger partial charge in [-0.3, -0.25) is 4.79 Å². The number of nitrogens with zero attached hydrogens (tertiary/aromatic N) is 1. The van der Waals surface area contributed by atoms with Crippen molar-refractivity contribution in [2.75, 3.05) is 6.61 Å². The summed E-state index contributed by atoms with van der Waals surface area (Å²) in [6.07, 6.45) is 3.07. The van der Waals surface area contributed by atoms with Crippen molar-refractivity contribution in [2.24, 2.45) is 16.7 Å². The molecule has 0 bridgehead atoms. The number of hydrogen-bond donors (Lipinski definition) is 0. The third kappa shape index (κ3) is 6.09. The highest BCUT2D eigenvalue weighted by Crippen LogP contribution is 2.40. The Morgan fingerprint density at radius 1 is 1.21 bits per heavy atom. The zero-order valence-corrected chi connectivity index (χ0v) is 13.4. The SMILES string of the molecule is CCC(C)(C)CC(C(=O)OCCC#N)C(C)(C)CC. The molecular weight excluding hydrogens is 238 g/mol. The molecule has 0 aromatic carbocycles. The van der Waals surface area contributed by atoms with Gasteiger partial charge in [0.2, 0.25) is 0 Å². The Labute approximate surface area is 118 Å². The number of rotatable bonds is 8. The molecule has 0 heterocycles. The van der Waals surface area contributed by atoms with Gasteiger partial charge in [0.1, 0.15) is 6.61 Å². The van der Waals surface area contributed by atoms with Gasteiger partial charge in [-0.05, 0) is 17.3 Å². The standard InChI is InChI=1S/C16H29NO2/c1-7-15(3,4)12-13(16(5,6)8-2)14(18)19-11-9-10-17/h13H,7-9,11-12H2,1-6H3. The maximum Gasteiger partial charge on any atom is 0.309 e. The minimum absolute atomic E-state index is 0.0732. The summed E-state index contributed by atoms with van der Waals surface area (Å²) in [4.78, 5) is 12.3. The molecule has 0 aliphatic carbocycles. The van der Waals surface area contributed by atoms with Gasteiger partial charge in [-0.2, -0.15) is 5.26 Å². The quantitative estimate of drug-likeness (QED) is 0.486. The van der Waals surface area contributed by atoms with Crippen molar-refractivity contribution < 1.29 is 9.53 Å². The van der Waals surface area contributed by atoms with Crippen molar-refractivity contribution in [1.29, 1.82) is 5.26 Å². The smallest absolute Gasteiger partial charge is 0.309 e. The van der Waals surface area contributed by atoms with Crippen LogP contribution in [0.2, 0.25) is 0 Å². The molecule has 0 saturated heterocycles. The monoisotopic (exact) mass is 267 g/mol. The molecule has 0 N–H and O–H groups in total. The first kappa shape index (κ1) is 18.0. The van der Waals surface area contributed by atoms with Crippen LogP contribution in [0.4, 0.5) is 0 Å². The molecule has 0 aliphatic rings. The van der Waals surface area contributed by atoms with Crippen molar-refractivity contribution in [3.8, 4) is 6.07 Å². The molecule has 0 aliphatic heterocycles. The summed E-state index contributed by atoms with van der Waals surface area (Å²) in [5.74, 6) is -0.255. The predicted octanol–water partition coefficient (Wildman–Crippen LogP) is 4.32.